The summed E-state index contributed by atoms with van der Waals surface area (Å²) in [5.74, 6) is 1.31. The lowest BCUT2D eigenvalue weighted by molar-refractivity contribution is -0.123. The number of rotatable bonds is 5. The van der Waals surface area contributed by atoms with Crippen molar-refractivity contribution in [1.29, 1.82) is 0 Å². The number of imidazole rings is 1. The summed E-state index contributed by atoms with van der Waals surface area (Å²) in [6.07, 6.45) is 11.8. The largest absolute Gasteiger partial charge is 0.354 e. The highest BCUT2D eigenvalue weighted by molar-refractivity contribution is 5.85. The summed E-state index contributed by atoms with van der Waals surface area (Å²) in [7, 11) is 0. The molecule has 2 heterocycles. The molecule has 2 fully saturated rings. The molecule has 0 spiro atoms. The molecule has 1 aliphatic carbocycles. The number of hydrogen-bond acceptors (Lipinski definition) is 3. The topological polar surface area (TPSA) is 59.0 Å². The summed E-state index contributed by atoms with van der Waals surface area (Å²) >= 11 is 0. The number of amides is 1. The monoisotopic (exact) mass is 362 g/mol. The van der Waals surface area contributed by atoms with Gasteiger partial charge in [-0.2, -0.15) is 0 Å². The minimum absolute atomic E-state index is 0. The number of hydrogen-bond donors (Lipinski definition) is 2. The number of nitrogens with zero attached hydrogens (tertiary/aromatic N) is 2. The van der Waals surface area contributed by atoms with Gasteiger partial charge < -0.3 is 15.2 Å². The first kappa shape index (κ1) is 20.3. The van der Waals surface area contributed by atoms with Crippen LogP contribution < -0.4 is 10.6 Å². The highest BCUT2D eigenvalue weighted by Gasteiger charge is 2.38. The third-order valence-corrected chi connectivity index (χ3v) is 4.89. The number of nitrogens with one attached hydrogen (secondary N) is 2. The Balaban J connectivity index is 0.00000132. The van der Waals surface area contributed by atoms with Crippen molar-refractivity contribution in [3.8, 4) is 0 Å². The quantitative estimate of drug-likeness (QED) is 0.845. The molecule has 0 aromatic carbocycles. The maximum atomic E-state index is 12.3. The van der Waals surface area contributed by atoms with Gasteiger partial charge in [0, 0.05) is 31.5 Å². The van der Waals surface area contributed by atoms with Crippen LogP contribution in [0.2, 0.25) is 0 Å². The second kappa shape index (κ2) is 9.50. The van der Waals surface area contributed by atoms with Crippen LogP contribution in [0, 0.1) is 11.8 Å². The number of carbonyl (C=O) groups excluding carboxylic acids is 1. The molecule has 4 atom stereocenters. The number of halogens is 2. The van der Waals surface area contributed by atoms with Crippen LogP contribution in [0.25, 0.3) is 0 Å². The zero-order valence-corrected chi connectivity index (χ0v) is 15.2. The second-order valence-electron chi connectivity index (χ2n) is 6.72. The summed E-state index contributed by atoms with van der Waals surface area (Å²) in [5.41, 5.74) is 0. The van der Waals surface area contributed by atoms with Crippen LogP contribution in [0.15, 0.2) is 18.7 Å². The molecule has 0 radical (unpaired) electrons. The van der Waals surface area contributed by atoms with Crippen LogP contribution in [-0.4, -0.2) is 34.1 Å². The molecule has 23 heavy (non-hydrogen) atoms. The molecule has 1 amide bonds. The van der Waals surface area contributed by atoms with Crippen molar-refractivity contribution in [2.24, 2.45) is 11.8 Å². The van der Waals surface area contributed by atoms with E-state index in [-0.39, 0.29) is 36.8 Å². The van der Waals surface area contributed by atoms with Crippen LogP contribution in [0.3, 0.4) is 0 Å². The van der Waals surface area contributed by atoms with Gasteiger partial charge in [0.2, 0.25) is 5.91 Å². The molecule has 4 unspecified atom stereocenters. The summed E-state index contributed by atoms with van der Waals surface area (Å²) in [6, 6.07) is 0.608. The van der Waals surface area contributed by atoms with Gasteiger partial charge in [-0.15, -0.1) is 24.8 Å². The SMILES string of the molecule is CC(CNC(=O)C1CC2CCCCC2N1)Cn1ccnc1.Cl.Cl. The minimum atomic E-state index is 0. The fraction of sp³-hybridized carbons (Fsp3) is 0.750. The molecule has 1 aromatic rings. The van der Waals surface area contributed by atoms with E-state index in [1.165, 1.54) is 25.7 Å². The Hall–Kier alpha value is -0.780. The van der Waals surface area contributed by atoms with E-state index in [1.807, 2.05) is 12.5 Å². The van der Waals surface area contributed by atoms with E-state index in [1.54, 1.807) is 6.20 Å². The molecular weight excluding hydrogens is 335 g/mol. The fourth-order valence-electron chi connectivity index (χ4n) is 3.74. The maximum Gasteiger partial charge on any atom is 0.237 e. The van der Waals surface area contributed by atoms with E-state index in [9.17, 15) is 4.79 Å². The van der Waals surface area contributed by atoms with Crippen molar-refractivity contribution >= 4 is 30.7 Å². The smallest absolute Gasteiger partial charge is 0.237 e. The van der Waals surface area contributed by atoms with Crippen LogP contribution in [0.1, 0.15) is 39.0 Å². The first-order chi connectivity index (χ1) is 10.2. The maximum absolute atomic E-state index is 12.3. The van der Waals surface area contributed by atoms with Crippen LogP contribution in [-0.2, 0) is 11.3 Å². The first-order valence-electron chi connectivity index (χ1n) is 8.22. The average molecular weight is 363 g/mol. The highest BCUT2D eigenvalue weighted by Crippen LogP contribution is 2.33. The van der Waals surface area contributed by atoms with E-state index in [4.69, 9.17) is 0 Å². The molecule has 7 heteroatoms. The van der Waals surface area contributed by atoms with E-state index in [0.717, 1.165) is 25.4 Å². The highest BCUT2D eigenvalue weighted by atomic mass is 35.5. The van der Waals surface area contributed by atoms with Crippen molar-refractivity contribution in [3.05, 3.63) is 18.7 Å². The van der Waals surface area contributed by atoms with Gasteiger partial charge in [-0.1, -0.05) is 19.8 Å². The Morgan fingerprint density at radius 3 is 2.87 bits per heavy atom. The van der Waals surface area contributed by atoms with Crippen molar-refractivity contribution in [3.63, 3.8) is 0 Å². The molecule has 5 nitrogen and oxygen atoms in total. The van der Waals surface area contributed by atoms with E-state index in [2.05, 4.69) is 27.1 Å². The third kappa shape index (κ3) is 5.37. The summed E-state index contributed by atoms with van der Waals surface area (Å²) < 4.78 is 2.05. The van der Waals surface area contributed by atoms with Crippen LogP contribution in [0.4, 0.5) is 0 Å². The second-order valence-corrected chi connectivity index (χ2v) is 6.72. The van der Waals surface area contributed by atoms with Gasteiger partial charge in [0.1, 0.15) is 0 Å². The van der Waals surface area contributed by atoms with Crippen molar-refractivity contribution in [2.75, 3.05) is 6.54 Å². The molecule has 2 N–H and O–H groups in total. The van der Waals surface area contributed by atoms with Gasteiger partial charge in [0.05, 0.1) is 12.4 Å². The zero-order valence-electron chi connectivity index (χ0n) is 13.6. The molecule has 1 saturated carbocycles. The summed E-state index contributed by atoms with van der Waals surface area (Å²) in [5, 5.41) is 6.65. The Morgan fingerprint density at radius 2 is 2.17 bits per heavy atom. The number of aromatic nitrogens is 2. The van der Waals surface area contributed by atoms with Gasteiger partial charge in [-0.25, -0.2) is 4.98 Å². The van der Waals surface area contributed by atoms with Gasteiger partial charge >= 0.3 is 0 Å². The summed E-state index contributed by atoms with van der Waals surface area (Å²) in [4.78, 5) is 16.3. The molecule has 2 aliphatic rings. The van der Waals surface area contributed by atoms with E-state index in [0.29, 0.717) is 12.0 Å². The zero-order chi connectivity index (χ0) is 14.7. The van der Waals surface area contributed by atoms with Crippen molar-refractivity contribution in [1.82, 2.24) is 20.2 Å². The fourth-order valence-corrected chi connectivity index (χ4v) is 3.74. The van der Waals surface area contributed by atoms with Gasteiger partial charge in [0.25, 0.3) is 0 Å². The predicted octanol–water partition coefficient (Wildman–Crippen LogP) is 2.40. The third-order valence-electron chi connectivity index (χ3n) is 4.89. The lowest BCUT2D eigenvalue weighted by Crippen LogP contribution is -2.44. The Kier molecular flexibility index (Phi) is 8.37. The van der Waals surface area contributed by atoms with Crippen LogP contribution in [0.5, 0.6) is 0 Å². The minimum Gasteiger partial charge on any atom is -0.354 e. The Labute approximate surface area is 150 Å². The normalized spacial score (nSPS) is 27.3. The van der Waals surface area contributed by atoms with Crippen molar-refractivity contribution < 1.29 is 4.79 Å². The average Bonchev–Trinajstić information content (AvgIpc) is 3.13. The van der Waals surface area contributed by atoms with Crippen molar-refractivity contribution in [2.45, 2.75) is 57.7 Å². The molecule has 1 aliphatic heterocycles. The van der Waals surface area contributed by atoms with E-state index < -0.39 is 0 Å². The molecule has 0 bridgehead atoms. The standard InChI is InChI=1S/C16H26N4O.2ClH/c1-12(10-20-7-6-17-11-20)9-18-16(21)15-8-13-4-2-3-5-14(13)19-15;;/h6-7,11-15,19H,2-5,8-10H2,1H3,(H,18,21);2*1H. The van der Waals surface area contributed by atoms with E-state index >= 15 is 0 Å². The number of fused-ring (bicyclic) bond motifs is 1. The number of carbonyl (C=O) groups is 1. The lowest BCUT2D eigenvalue weighted by Gasteiger charge is -2.24. The van der Waals surface area contributed by atoms with Gasteiger partial charge in [-0.3, -0.25) is 4.79 Å². The molecule has 1 aromatic heterocycles. The Bertz CT molecular complexity index is 455. The summed E-state index contributed by atoms with van der Waals surface area (Å²) in [6.45, 7) is 3.77. The molecule has 132 valence electrons. The molecular formula is C16H28Cl2N4O. The lowest BCUT2D eigenvalue weighted by atomic mass is 9.85. The predicted molar refractivity (Wildman–Crippen MR) is 96.2 cm³/mol. The molecule has 1 saturated heterocycles. The van der Waals surface area contributed by atoms with Gasteiger partial charge in [-0.05, 0) is 31.1 Å². The van der Waals surface area contributed by atoms with Crippen LogP contribution >= 0.6 is 24.8 Å². The molecule has 3 rings (SSSR count). The first-order valence-corrected chi connectivity index (χ1v) is 8.22. The van der Waals surface area contributed by atoms with Gasteiger partial charge in [0.15, 0.2) is 0 Å². The Morgan fingerprint density at radius 1 is 1.39 bits per heavy atom.